The number of aryl methyl sites for hydroxylation is 1. The van der Waals surface area contributed by atoms with Gasteiger partial charge in [0.05, 0.1) is 11.7 Å². The molecular formula is C18H16BrN3O3. The van der Waals surface area contributed by atoms with E-state index in [1.165, 1.54) is 0 Å². The minimum atomic E-state index is -1.11. The van der Waals surface area contributed by atoms with E-state index in [0.29, 0.717) is 17.9 Å². The van der Waals surface area contributed by atoms with Gasteiger partial charge in [-0.25, -0.2) is 4.79 Å². The smallest absolute Gasteiger partial charge is 0.405 e. The minimum absolute atomic E-state index is 0.402. The van der Waals surface area contributed by atoms with Crippen molar-refractivity contribution in [2.24, 2.45) is 0 Å². The SMILES string of the molecule is Cc1noc(-c2ccc(Br)cc2)c1[C@@H](Cc1ccccn1)NC(=O)O. The van der Waals surface area contributed by atoms with Gasteiger partial charge in [-0.15, -0.1) is 0 Å². The number of halogens is 1. The molecular weight excluding hydrogens is 386 g/mol. The summed E-state index contributed by atoms with van der Waals surface area (Å²) in [5.41, 5.74) is 2.98. The summed E-state index contributed by atoms with van der Waals surface area (Å²) in [7, 11) is 0. The van der Waals surface area contributed by atoms with Crippen LogP contribution in [0.2, 0.25) is 0 Å². The van der Waals surface area contributed by atoms with Gasteiger partial charge in [-0.05, 0) is 31.2 Å². The first kappa shape index (κ1) is 17.2. The van der Waals surface area contributed by atoms with Gasteiger partial charge in [-0.1, -0.05) is 39.3 Å². The predicted octanol–water partition coefficient (Wildman–Crippen LogP) is 4.36. The Balaban J connectivity index is 2.02. The second-order valence-corrected chi connectivity index (χ2v) is 6.46. The molecule has 3 rings (SSSR count). The zero-order valence-corrected chi connectivity index (χ0v) is 15.0. The molecule has 1 atom stereocenters. The van der Waals surface area contributed by atoms with Gasteiger partial charge in [0, 0.05) is 33.9 Å². The van der Waals surface area contributed by atoms with Gasteiger partial charge >= 0.3 is 6.09 Å². The van der Waals surface area contributed by atoms with Crippen LogP contribution in [-0.2, 0) is 6.42 Å². The van der Waals surface area contributed by atoms with Crippen molar-refractivity contribution in [1.29, 1.82) is 0 Å². The fourth-order valence-corrected chi connectivity index (χ4v) is 2.96. The zero-order chi connectivity index (χ0) is 17.8. The number of amides is 1. The van der Waals surface area contributed by atoms with E-state index in [1.54, 1.807) is 13.1 Å². The lowest BCUT2D eigenvalue weighted by Gasteiger charge is -2.17. The molecule has 128 valence electrons. The summed E-state index contributed by atoms with van der Waals surface area (Å²) >= 11 is 3.40. The summed E-state index contributed by atoms with van der Waals surface area (Å²) in [5, 5.41) is 15.9. The van der Waals surface area contributed by atoms with Crippen LogP contribution >= 0.6 is 15.9 Å². The van der Waals surface area contributed by atoms with Crippen molar-refractivity contribution in [3.05, 3.63) is 70.1 Å². The van der Waals surface area contributed by atoms with Crippen molar-refractivity contribution >= 4 is 22.0 Å². The van der Waals surface area contributed by atoms with Crippen molar-refractivity contribution < 1.29 is 14.4 Å². The maximum Gasteiger partial charge on any atom is 0.405 e. The maximum absolute atomic E-state index is 11.3. The van der Waals surface area contributed by atoms with Gasteiger partial charge in [0.2, 0.25) is 0 Å². The second-order valence-electron chi connectivity index (χ2n) is 5.54. The molecule has 0 bridgehead atoms. The number of benzene rings is 1. The highest BCUT2D eigenvalue weighted by atomic mass is 79.9. The molecule has 3 aromatic rings. The van der Waals surface area contributed by atoms with Gasteiger partial charge in [0.15, 0.2) is 5.76 Å². The minimum Gasteiger partial charge on any atom is -0.465 e. The molecule has 0 aliphatic carbocycles. The molecule has 1 aromatic carbocycles. The number of hydrogen-bond acceptors (Lipinski definition) is 4. The summed E-state index contributed by atoms with van der Waals surface area (Å²) in [6, 6.07) is 12.6. The highest BCUT2D eigenvalue weighted by molar-refractivity contribution is 9.10. The van der Waals surface area contributed by atoms with Crippen LogP contribution in [0.3, 0.4) is 0 Å². The summed E-state index contributed by atoms with van der Waals surface area (Å²) < 4.78 is 6.45. The molecule has 2 heterocycles. The van der Waals surface area contributed by atoms with E-state index in [0.717, 1.165) is 21.3 Å². The van der Waals surface area contributed by atoms with E-state index >= 15 is 0 Å². The summed E-state index contributed by atoms with van der Waals surface area (Å²) in [5.74, 6) is 0.555. The van der Waals surface area contributed by atoms with Crippen LogP contribution in [0.25, 0.3) is 11.3 Å². The number of carbonyl (C=O) groups is 1. The number of nitrogens with zero attached hydrogens (tertiary/aromatic N) is 2. The van der Waals surface area contributed by atoms with Crippen LogP contribution in [0.4, 0.5) is 4.79 Å². The number of carboxylic acid groups (broad SMARTS) is 1. The number of rotatable bonds is 5. The lowest BCUT2D eigenvalue weighted by Crippen LogP contribution is -2.29. The van der Waals surface area contributed by atoms with Crippen LogP contribution in [-0.4, -0.2) is 21.3 Å². The van der Waals surface area contributed by atoms with Crippen LogP contribution in [0.15, 0.2) is 57.7 Å². The molecule has 0 aliphatic rings. The van der Waals surface area contributed by atoms with E-state index in [-0.39, 0.29) is 0 Å². The topological polar surface area (TPSA) is 88.3 Å². The molecule has 0 saturated carbocycles. The molecule has 0 fully saturated rings. The van der Waals surface area contributed by atoms with Gasteiger partial charge in [0.1, 0.15) is 0 Å². The Morgan fingerprint density at radius 1 is 1.28 bits per heavy atom. The molecule has 1 amide bonds. The molecule has 2 aromatic heterocycles. The lowest BCUT2D eigenvalue weighted by atomic mass is 9.97. The molecule has 0 unspecified atom stereocenters. The third kappa shape index (κ3) is 4.06. The Kier molecular flexibility index (Phi) is 5.14. The molecule has 0 spiro atoms. The largest absolute Gasteiger partial charge is 0.465 e. The van der Waals surface area contributed by atoms with Crippen molar-refractivity contribution in [3.8, 4) is 11.3 Å². The average molecular weight is 402 g/mol. The quantitative estimate of drug-likeness (QED) is 0.662. The normalized spacial score (nSPS) is 11.9. The van der Waals surface area contributed by atoms with Gasteiger partial charge in [-0.2, -0.15) is 0 Å². The van der Waals surface area contributed by atoms with Gasteiger partial charge in [-0.3, -0.25) is 4.98 Å². The Morgan fingerprint density at radius 3 is 2.68 bits per heavy atom. The average Bonchev–Trinajstić information content (AvgIpc) is 2.97. The Hall–Kier alpha value is -2.67. The van der Waals surface area contributed by atoms with Crippen molar-refractivity contribution in [2.45, 2.75) is 19.4 Å². The molecule has 6 nitrogen and oxygen atoms in total. The van der Waals surface area contributed by atoms with E-state index in [1.807, 2.05) is 42.5 Å². The molecule has 0 radical (unpaired) electrons. The Labute approximate surface area is 153 Å². The summed E-state index contributed by atoms with van der Waals surface area (Å²) in [4.78, 5) is 15.6. The van der Waals surface area contributed by atoms with Crippen LogP contribution in [0, 0.1) is 6.92 Å². The molecule has 7 heteroatoms. The third-order valence-electron chi connectivity index (χ3n) is 3.80. The predicted molar refractivity (Wildman–Crippen MR) is 96.2 cm³/mol. The Bertz CT molecular complexity index is 863. The van der Waals surface area contributed by atoms with Crippen LogP contribution in [0.1, 0.15) is 23.0 Å². The van der Waals surface area contributed by atoms with Crippen molar-refractivity contribution in [3.63, 3.8) is 0 Å². The van der Waals surface area contributed by atoms with Crippen LogP contribution < -0.4 is 5.32 Å². The highest BCUT2D eigenvalue weighted by Crippen LogP contribution is 2.33. The number of hydrogen-bond donors (Lipinski definition) is 2. The van der Waals surface area contributed by atoms with E-state index in [9.17, 15) is 9.90 Å². The first-order valence-electron chi connectivity index (χ1n) is 7.66. The second kappa shape index (κ2) is 7.48. The first-order chi connectivity index (χ1) is 12.0. The van der Waals surface area contributed by atoms with E-state index < -0.39 is 12.1 Å². The first-order valence-corrected chi connectivity index (χ1v) is 8.45. The molecule has 25 heavy (non-hydrogen) atoms. The van der Waals surface area contributed by atoms with Crippen molar-refractivity contribution in [2.75, 3.05) is 0 Å². The fourth-order valence-electron chi connectivity index (χ4n) is 2.70. The molecule has 0 aliphatic heterocycles. The van der Waals surface area contributed by atoms with Gasteiger partial charge < -0.3 is 14.9 Å². The lowest BCUT2D eigenvalue weighted by molar-refractivity contribution is 0.189. The van der Waals surface area contributed by atoms with Gasteiger partial charge in [0.25, 0.3) is 0 Å². The number of pyridine rings is 1. The molecule has 0 saturated heterocycles. The number of aromatic nitrogens is 2. The zero-order valence-electron chi connectivity index (χ0n) is 13.4. The maximum atomic E-state index is 11.3. The summed E-state index contributed by atoms with van der Waals surface area (Å²) in [6.07, 6.45) is 0.977. The van der Waals surface area contributed by atoms with E-state index in [4.69, 9.17) is 4.52 Å². The highest BCUT2D eigenvalue weighted by Gasteiger charge is 2.25. The van der Waals surface area contributed by atoms with Crippen molar-refractivity contribution in [1.82, 2.24) is 15.5 Å². The molecule has 2 N–H and O–H groups in total. The number of nitrogens with one attached hydrogen (secondary N) is 1. The standard InChI is InChI=1S/C18H16BrN3O3/c1-11-16(17(25-22-11)12-5-7-13(19)8-6-12)15(21-18(23)24)10-14-4-2-3-9-20-14/h2-9,15,21H,10H2,1H3,(H,23,24)/t15-/m1/s1. The summed E-state index contributed by atoms with van der Waals surface area (Å²) in [6.45, 7) is 1.80. The van der Waals surface area contributed by atoms with E-state index in [2.05, 4.69) is 31.4 Å². The fraction of sp³-hybridized carbons (Fsp3) is 0.167. The monoisotopic (exact) mass is 401 g/mol. The van der Waals surface area contributed by atoms with Crippen LogP contribution in [0.5, 0.6) is 0 Å². The Morgan fingerprint density at radius 2 is 2.04 bits per heavy atom. The third-order valence-corrected chi connectivity index (χ3v) is 4.33.